The molecule has 0 atom stereocenters. The van der Waals surface area contributed by atoms with E-state index in [1.165, 1.54) is 10.9 Å². The van der Waals surface area contributed by atoms with E-state index in [1.54, 1.807) is 19.6 Å². The number of nitrogens with two attached hydrogens (primary N) is 1. The second-order valence-electron chi connectivity index (χ2n) is 4.49. The van der Waals surface area contributed by atoms with Crippen LogP contribution in [0.3, 0.4) is 0 Å². The van der Waals surface area contributed by atoms with E-state index in [2.05, 4.69) is 16.0 Å². The van der Waals surface area contributed by atoms with Crippen LogP contribution in [0.25, 0.3) is 10.9 Å². The van der Waals surface area contributed by atoms with Crippen LogP contribution in [0.4, 0.5) is 5.82 Å². The molecule has 0 unspecified atom stereocenters. The third kappa shape index (κ3) is 2.14. The average Bonchev–Trinajstić information content (AvgIpc) is 3.02. The average molecular weight is 256 g/mol. The molecule has 19 heavy (non-hydrogen) atoms. The first-order valence-corrected chi connectivity index (χ1v) is 6.17. The second-order valence-corrected chi connectivity index (χ2v) is 4.49. The molecular formula is C14H16N4O. The molecule has 0 fully saturated rings. The third-order valence-corrected chi connectivity index (χ3v) is 3.34. The molecule has 5 nitrogen and oxygen atoms in total. The van der Waals surface area contributed by atoms with Crippen LogP contribution >= 0.6 is 0 Å². The Morgan fingerprint density at radius 1 is 1.42 bits per heavy atom. The zero-order valence-corrected chi connectivity index (χ0v) is 10.8. The molecule has 0 spiro atoms. The van der Waals surface area contributed by atoms with Gasteiger partial charge >= 0.3 is 0 Å². The number of hydrogen-bond donors (Lipinski definition) is 2. The number of benzene rings is 1. The molecule has 0 saturated carbocycles. The number of nitrogen functional groups attached to an aromatic ring is 1. The molecule has 3 aromatic rings. The number of rotatable bonds is 4. The number of hydrogen-bond acceptors (Lipinski definition) is 3. The SMILES string of the molecule is COc1ccc2[nH]cc(CCn3cncc3N)c2c1. The molecule has 0 aliphatic rings. The maximum atomic E-state index is 5.81. The maximum absolute atomic E-state index is 5.81. The van der Waals surface area contributed by atoms with Crippen LogP contribution in [0.1, 0.15) is 5.56 Å². The van der Waals surface area contributed by atoms with E-state index in [1.807, 2.05) is 22.9 Å². The van der Waals surface area contributed by atoms with Crippen LogP contribution in [0.5, 0.6) is 5.75 Å². The van der Waals surface area contributed by atoms with Gasteiger partial charge in [-0.1, -0.05) is 0 Å². The van der Waals surface area contributed by atoms with E-state index in [0.717, 1.165) is 24.2 Å². The van der Waals surface area contributed by atoms with Crippen LogP contribution in [-0.2, 0) is 13.0 Å². The summed E-state index contributed by atoms with van der Waals surface area (Å²) < 4.78 is 7.21. The Kier molecular flexibility index (Phi) is 2.87. The van der Waals surface area contributed by atoms with Crippen molar-refractivity contribution in [2.24, 2.45) is 0 Å². The van der Waals surface area contributed by atoms with Crippen LogP contribution in [0.2, 0.25) is 0 Å². The number of aryl methyl sites for hydroxylation is 2. The molecule has 0 bridgehead atoms. The quantitative estimate of drug-likeness (QED) is 0.752. The van der Waals surface area contributed by atoms with Crippen LogP contribution in [0, 0.1) is 0 Å². The van der Waals surface area contributed by atoms with Crippen LogP contribution in [0.15, 0.2) is 36.9 Å². The van der Waals surface area contributed by atoms with Crippen molar-refractivity contribution in [3.05, 3.63) is 42.5 Å². The fourth-order valence-electron chi connectivity index (χ4n) is 2.25. The summed E-state index contributed by atoms with van der Waals surface area (Å²) in [4.78, 5) is 7.29. The van der Waals surface area contributed by atoms with Gasteiger partial charge in [0.25, 0.3) is 0 Å². The second kappa shape index (κ2) is 4.68. The minimum Gasteiger partial charge on any atom is -0.497 e. The van der Waals surface area contributed by atoms with E-state index >= 15 is 0 Å². The lowest BCUT2D eigenvalue weighted by Gasteiger charge is -2.04. The van der Waals surface area contributed by atoms with Gasteiger partial charge in [0.1, 0.15) is 11.6 Å². The molecule has 2 heterocycles. The number of imidazole rings is 1. The lowest BCUT2D eigenvalue weighted by molar-refractivity contribution is 0.415. The summed E-state index contributed by atoms with van der Waals surface area (Å²) in [5, 5.41) is 1.19. The summed E-state index contributed by atoms with van der Waals surface area (Å²) in [6, 6.07) is 6.04. The van der Waals surface area contributed by atoms with Crippen molar-refractivity contribution in [2.45, 2.75) is 13.0 Å². The van der Waals surface area contributed by atoms with Gasteiger partial charge in [-0.3, -0.25) is 0 Å². The molecule has 98 valence electrons. The summed E-state index contributed by atoms with van der Waals surface area (Å²) >= 11 is 0. The highest BCUT2D eigenvalue weighted by molar-refractivity contribution is 5.84. The number of anilines is 1. The molecule has 5 heteroatoms. The molecule has 3 rings (SSSR count). The maximum Gasteiger partial charge on any atom is 0.123 e. The van der Waals surface area contributed by atoms with Crippen LogP contribution < -0.4 is 10.5 Å². The molecule has 0 aliphatic heterocycles. The third-order valence-electron chi connectivity index (χ3n) is 3.34. The van der Waals surface area contributed by atoms with Gasteiger partial charge in [-0.2, -0.15) is 0 Å². The zero-order chi connectivity index (χ0) is 13.2. The summed E-state index contributed by atoms with van der Waals surface area (Å²) in [6.07, 6.45) is 6.36. The first-order valence-electron chi connectivity index (χ1n) is 6.17. The molecule has 2 aromatic heterocycles. The molecule has 0 radical (unpaired) electrons. The first kappa shape index (κ1) is 11.6. The highest BCUT2D eigenvalue weighted by atomic mass is 16.5. The van der Waals surface area contributed by atoms with Crippen molar-refractivity contribution in [3.63, 3.8) is 0 Å². The number of aromatic nitrogens is 3. The highest BCUT2D eigenvalue weighted by Gasteiger charge is 2.06. The van der Waals surface area contributed by atoms with Gasteiger partial charge in [-0.05, 0) is 30.2 Å². The molecule has 0 aliphatic carbocycles. The minimum atomic E-state index is 0.692. The van der Waals surface area contributed by atoms with Crippen LogP contribution in [-0.4, -0.2) is 21.6 Å². The molecule has 3 N–H and O–H groups in total. The van der Waals surface area contributed by atoms with Crippen molar-refractivity contribution in [1.29, 1.82) is 0 Å². The van der Waals surface area contributed by atoms with Crippen molar-refractivity contribution < 1.29 is 4.74 Å². The Labute approximate surface area is 111 Å². The number of methoxy groups -OCH3 is 1. The van der Waals surface area contributed by atoms with Gasteiger partial charge < -0.3 is 20.0 Å². The first-order chi connectivity index (χ1) is 9.28. The fraction of sp³-hybridized carbons (Fsp3) is 0.214. The topological polar surface area (TPSA) is 68.9 Å². The van der Waals surface area contributed by atoms with E-state index in [-0.39, 0.29) is 0 Å². The number of nitrogens with zero attached hydrogens (tertiary/aromatic N) is 2. The minimum absolute atomic E-state index is 0.692. The Bertz CT molecular complexity index is 698. The van der Waals surface area contributed by atoms with Gasteiger partial charge in [-0.25, -0.2) is 4.98 Å². The van der Waals surface area contributed by atoms with E-state index in [4.69, 9.17) is 10.5 Å². The van der Waals surface area contributed by atoms with Crippen molar-refractivity contribution in [3.8, 4) is 5.75 Å². The number of ether oxygens (including phenoxy) is 1. The molecule has 0 saturated heterocycles. The number of nitrogens with one attached hydrogen (secondary N) is 1. The molecule has 0 amide bonds. The predicted molar refractivity (Wildman–Crippen MR) is 75.2 cm³/mol. The van der Waals surface area contributed by atoms with Gasteiger partial charge in [0.05, 0.1) is 19.6 Å². The Hall–Kier alpha value is -2.43. The smallest absolute Gasteiger partial charge is 0.123 e. The fourth-order valence-corrected chi connectivity index (χ4v) is 2.25. The predicted octanol–water partition coefficient (Wildman–Crippen LogP) is 2.20. The number of aromatic amines is 1. The largest absolute Gasteiger partial charge is 0.497 e. The lowest BCUT2D eigenvalue weighted by atomic mass is 10.1. The number of fused-ring (bicyclic) bond motifs is 1. The van der Waals surface area contributed by atoms with E-state index in [9.17, 15) is 0 Å². The summed E-state index contributed by atoms with van der Waals surface area (Å²) in [6.45, 7) is 0.815. The van der Waals surface area contributed by atoms with E-state index in [0.29, 0.717) is 5.82 Å². The molecule has 1 aromatic carbocycles. The zero-order valence-electron chi connectivity index (χ0n) is 10.8. The normalized spacial score (nSPS) is 11.0. The van der Waals surface area contributed by atoms with Gasteiger partial charge in [0.15, 0.2) is 0 Å². The van der Waals surface area contributed by atoms with Gasteiger partial charge in [0, 0.05) is 23.6 Å². The van der Waals surface area contributed by atoms with Gasteiger partial charge in [-0.15, -0.1) is 0 Å². The Morgan fingerprint density at radius 2 is 2.32 bits per heavy atom. The van der Waals surface area contributed by atoms with Crippen molar-refractivity contribution >= 4 is 16.7 Å². The molecular weight excluding hydrogens is 240 g/mol. The van der Waals surface area contributed by atoms with E-state index < -0.39 is 0 Å². The summed E-state index contributed by atoms with van der Waals surface area (Å²) in [5.41, 5.74) is 8.18. The lowest BCUT2D eigenvalue weighted by Crippen LogP contribution is -2.03. The Balaban J connectivity index is 1.86. The van der Waals surface area contributed by atoms with Gasteiger partial charge in [0.2, 0.25) is 0 Å². The monoisotopic (exact) mass is 256 g/mol. The highest BCUT2D eigenvalue weighted by Crippen LogP contribution is 2.24. The van der Waals surface area contributed by atoms with Crippen molar-refractivity contribution in [1.82, 2.24) is 14.5 Å². The van der Waals surface area contributed by atoms with Crippen molar-refractivity contribution in [2.75, 3.05) is 12.8 Å². The number of H-pyrrole nitrogens is 1. The Morgan fingerprint density at radius 3 is 3.05 bits per heavy atom. The summed E-state index contributed by atoms with van der Waals surface area (Å²) in [7, 11) is 1.68. The summed E-state index contributed by atoms with van der Waals surface area (Å²) in [5.74, 6) is 1.56. The standard InChI is InChI=1S/C14H16N4O/c1-19-11-2-3-13-12(6-11)10(7-17-13)4-5-18-9-16-8-14(18)15/h2-3,6-9,17H,4-5,15H2,1H3.